The number of anilines is 1. The van der Waals surface area contributed by atoms with Crippen molar-refractivity contribution in [3.8, 4) is 5.75 Å². The van der Waals surface area contributed by atoms with Crippen LogP contribution in [-0.4, -0.2) is 53.4 Å². The maximum absolute atomic E-state index is 13.4. The summed E-state index contributed by atoms with van der Waals surface area (Å²) in [6.45, 7) is 7.66. The van der Waals surface area contributed by atoms with Gasteiger partial charge in [0.2, 0.25) is 0 Å². The first-order chi connectivity index (χ1) is 15.1. The third-order valence-electron chi connectivity index (χ3n) is 5.58. The summed E-state index contributed by atoms with van der Waals surface area (Å²) in [5, 5.41) is 5.62. The van der Waals surface area contributed by atoms with Gasteiger partial charge in [-0.25, -0.2) is 4.68 Å². The van der Waals surface area contributed by atoms with E-state index in [1.54, 1.807) is 6.07 Å². The van der Waals surface area contributed by atoms with Crippen LogP contribution in [0.4, 0.5) is 5.69 Å². The van der Waals surface area contributed by atoms with Gasteiger partial charge >= 0.3 is 0 Å². The fourth-order valence-electron chi connectivity index (χ4n) is 4.05. The van der Waals surface area contributed by atoms with Gasteiger partial charge in [-0.3, -0.25) is 9.59 Å². The van der Waals surface area contributed by atoms with E-state index >= 15 is 0 Å². The second-order valence-electron chi connectivity index (χ2n) is 7.60. The number of hydrogen-bond donors (Lipinski definition) is 0. The van der Waals surface area contributed by atoms with Crippen molar-refractivity contribution in [2.24, 2.45) is 0 Å². The molecule has 0 bridgehead atoms. The number of amides is 1. The molecular weight excluding hydrogens is 392 g/mol. The molecule has 4 rings (SSSR count). The number of rotatable bonds is 6. The lowest BCUT2D eigenvalue weighted by atomic mass is 10.1. The molecule has 2 heterocycles. The molecule has 1 saturated heterocycles. The molecule has 7 heteroatoms. The Bertz CT molecular complexity index is 1130. The minimum Gasteiger partial charge on any atom is -0.492 e. The number of fused-ring (bicyclic) bond motifs is 1. The van der Waals surface area contributed by atoms with Gasteiger partial charge in [-0.05, 0) is 31.5 Å². The summed E-state index contributed by atoms with van der Waals surface area (Å²) in [5.74, 6) is 0.739. The number of piperazine rings is 1. The van der Waals surface area contributed by atoms with Crippen LogP contribution in [0.25, 0.3) is 10.8 Å². The molecule has 0 unspecified atom stereocenters. The van der Waals surface area contributed by atoms with Crippen LogP contribution in [-0.2, 0) is 6.54 Å². The van der Waals surface area contributed by atoms with Crippen molar-refractivity contribution < 1.29 is 9.53 Å². The lowest BCUT2D eigenvalue weighted by molar-refractivity contribution is 0.0740. The molecule has 1 amide bonds. The van der Waals surface area contributed by atoms with E-state index in [1.165, 1.54) is 4.68 Å². The second kappa shape index (κ2) is 9.20. The van der Waals surface area contributed by atoms with E-state index in [4.69, 9.17) is 4.74 Å². The standard InChI is InChI=1S/C24H28N4O3/c1-3-13-28-23(29)19-10-6-5-9-18(19)22(25-28)24(30)27-16-14-26(15-17-27)20-11-7-8-12-21(20)31-4-2/h5-12H,3-4,13-17H2,1-2H3. The summed E-state index contributed by atoms with van der Waals surface area (Å²) in [6, 6.07) is 15.2. The summed E-state index contributed by atoms with van der Waals surface area (Å²) in [6.07, 6.45) is 0.775. The second-order valence-corrected chi connectivity index (χ2v) is 7.60. The molecule has 0 saturated carbocycles. The van der Waals surface area contributed by atoms with Crippen molar-refractivity contribution in [3.05, 3.63) is 64.6 Å². The molecule has 1 fully saturated rings. The zero-order valence-corrected chi connectivity index (χ0v) is 18.1. The zero-order valence-electron chi connectivity index (χ0n) is 18.1. The Balaban J connectivity index is 1.58. The number of aromatic nitrogens is 2. The summed E-state index contributed by atoms with van der Waals surface area (Å²) in [5.41, 5.74) is 1.26. The molecule has 3 aromatic rings. The van der Waals surface area contributed by atoms with Crippen molar-refractivity contribution in [1.82, 2.24) is 14.7 Å². The Labute approximate surface area is 181 Å². The molecule has 0 aliphatic carbocycles. The highest BCUT2D eigenvalue weighted by Gasteiger charge is 2.26. The van der Waals surface area contributed by atoms with Gasteiger partial charge in [-0.2, -0.15) is 5.10 Å². The van der Waals surface area contributed by atoms with Crippen LogP contribution < -0.4 is 15.2 Å². The van der Waals surface area contributed by atoms with Crippen LogP contribution >= 0.6 is 0 Å². The summed E-state index contributed by atoms with van der Waals surface area (Å²) < 4.78 is 7.19. The monoisotopic (exact) mass is 420 g/mol. The average Bonchev–Trinajstić information content (AvgIpc) is 2.81. The number of aryl methyl sites for hydroxylation is 1. The average molecular weight is 421 g/mol. The van der Waals surface area contributed by atoms with Crippen molar-refractivity contribution >= 4 is 22.4 Å². The maximum atomic E-state index is 13.4. The number of hydrogen-bond acceptors (Lipinski definition) is 5. The largest absolute Gasteiger partial charge is 0.492 e. The normalized spacial score (nSPS) is 14.1. The first kappa shape index (κ1) is 20.9. The molecule has 0 atom stereocenters. The SMILES string of the molecule is CCCn1nc(C(=O)N2CCN(c3ccccc3OCC)CC2)c2ccccc2c1=O. The highest BCUT2D eigenvalue weighted by molar-refractivity contribution is 6.04. The summed E-state index contributed by atoms with van der Waals surface area (Å²) in [4.78, 5) is 30.2. The first-order valence-electron chi connectivity index (χ1n) is 10.9. The van der Waals surface area contributed by atoms with Crippen molar-refractivity contribution in [3.63, 3.8) is 0 Å². The fraction of sp³-hybridized carbons (Fsp3) is 0.375. The van der Waals surface area contributed by atoms with E-state index < -0.39 is 0 Å². The Morgan fingerprint density at radius 2 is 1.65 bits per heavy atom. The summed E-state index contributed by atoms with van der Waals surface area (Å²) in [7, 11) is 0. The van der Waals surface area contributed by atoms with E-state index in [0.717, 1.165) is 17.9 Å². The molecule has 1 aliphatic heterocycles. The topological polar surface area (TPSA) is 67.7 Å². The summed E-state index contributed by atoms with van der Waals surface area (Å²) >= 11 is 0. The van der Waals surface area contributed by atoms with Crippen LogP contribution in [0.2, 0.25) is 0 Å². The number of benzene rings is 2. The third kappa shape index (κ3) is 4.13. The first-order valence-corrected chi connectivity index (χ1v) is 10.9. The smallest absolute Gasteiger partial charge is 0.275 e. The van der Waals surface area contributed by atoms with Crippen LogP contribution in [0, 0.1) is 0 Å². The Morgan fingerprint density at radius 1 is 0.968 bits per heavy atom. The molecule has 162 valence electrons. The van der Waals surface area contributed by atoms with Crippen molar-refractivity contribution in [1.29, 1.82) is 0 Å². The molecular formula is C24H28N4O3. The number of nitrogens with zero attached hydrogens (tertiary/aromatic N) is 4. The third-order valence-corrected chi connectivity index (χ3v) is 5.58. The molecule has 31 heavy (non-hydrogen) atoms. The number of carbonyl (C=O) groups excluding carboxylic acids is 1. The van der Waals surface area contributed by atoms with Gasteiger partial charge in [-0.15, -0.1) is 0 Å². The van der Waals surface area contributed by atoms with Crippen LogP contribution in [0.3, 0.4) is 0 Å². The fourth-order valence-corrected chi connectivity index (χ4v) is 4.05. The van der Waals surface area contributed by atoms with E-state index in [-0.39, 0.29) is 11.5 Å². The van der Waals surface area contributed by atoms with Crippen LogP contribution in [0.1, 0.15) is 30.8 Å². The van der Waals surface area contributed by atoms with Gasteiger partial charge in [-0.1, -0.05) is 37.3 Å². The number of carbonyl (C=O) groups is 1. The Morgan fingerprint density at radius 3 is 2.35 bits per heavy atom. The van der Waals surface area contributed by atoms with E-state index in [9.17, 15) is 9.59 Å². The quantitative estimate of drug-likeness (QED) is 0.613. The molecule has 0 spiro atoms. The minimum atomic E-state index is -0.147. The Kier molecular flexibility index (Phi) is 6.21. The van der Waals surface area contributed by atoms with Crippen LogP contribution in [0.5, 0.6) is 5.75 Å². The highest BCUT2D eigenvalue weighted by atomic mass is 16.5. The Hall–Kier alpha value is -3.35. The molecule has 7 nitrogen and oxygen atoms in total. The molecule has 1 aliphatic rings. The molecule has 2 aromatic carbocycles. The predicted molar refractivity (Wildman–Crippen MR) is 122 cm³/mol. The van der Waals surface area contributed by atoms with Gasteiger partial charge in [0.25, 0.3) is 11.5 Å². The van der Waals surface area contributed by atoms with Crippen LogP contribution in [0.15, 0.2) is 53.3 Å². The minimum absolute atomic E-state index is 0.126. The van der Waals surface area contributed by atoms with Crippen molar-refractivity contribution in [2.45, 2.75) is 26.8 Å². The van der Waals surface area contributed by atoms with Gasteiger partial charge < -0.3 is 14.5 Å². The van der Waals surface area contributed by atoms with E-state index in [0.29, 0.717) is 55.8 Å². The van der Waals surface area contributed by atoms with E-state index in [1.807, 2.05) is 55.1 Å². The molecule has 0 N–H and O–H groups in total. The van der Waals surface area contributed by atoms with Gasteiger partial charge in [0.05, 0.1) is 17.7 Å². The number of ether oxygens (including phenoxy) is 1. The lowest BCUT2D eigenvalue weighted by Gasteiger charge is -2.36. The number of para-hydroxylation sites is 2. The van der Waals surface area contributed by atoms with Gasteiger partial charge in [0.15, 0.2) is 5.69 Å². The molecule has 1 aromatic heterocycles. The van der Waals surface area contributed by atoms with Gasteiger partial charge in [0, 0.05) is 38.1 Å². The lowest BCUT2D eigenvalue weighted by Crippen LogP contribution is -2.49. The predicted octanol–water partition coefficient (Wildman–Crippen LogP) is 3.17. The zero-order chi connectivity index (χ0) is 21.8. The maximum Gasteiger partial charge on any atom is 0.275 e. The van der Waals surface area contributed by atoms with Gasteiger partial charge in [0.1, 0.15) is 5.75 Å². The molecule has 0 radical (unpaired) electrons. The highest BCUT2D eigenvalue weighted by Crippen LogP contribution is 2.29. The van der Waals surface area contributed by atoms with Crippen molar-refractivity contribution in [2.75, 3.05) is 37.7 Å². The van der Waals surface area contributed by atoms with E-state index in [2.05, 4.69) is 16.1 Å².